The molecule has 31 heteroatoms. The number of nitrogens with two attached hydrogens (primary N) is 1. The lowest BCUT2D eigenvalue weighted by molar-refractivity contribution is -0.138. The number of anilines is 4. The van der Waals surface area contributed by atoms with Crippen molar-refractivity contribution in [3.8, 4) is 0 Å². The summed E-state index contributed by atoms with van der Waals surface area (Å²) in [5, 5.41) is 62.5. The standard InChI is InChI=1S/C23H30N8O7S.C20H24N8O6S/c1-5-24-21(34)18-16(32)17(33)22(38-18)31-11-27-15-19(25-10-26-20(15)31)29-23(35)28-13-8-6-7-9-14(13)39(36,37)30(4)12(2)3;1-3-22-18(31)15-13(29)14(30)19(34-15)28-9-25-12-16(23-8-24-17(12)28)27-20(32)26-10-6-4-5-7-11(10)35(2,21)33/h6-12,16-18,22,32-33H,5H2,1-4H3,(H,24,34)(H2,25,26,28,29,35);4-9,13-15,19,29-30H,2-3H2,1H3,(H2,21,33)(H,22,31)(H2,23,24,26,27,32)/t16?,17?,18-,22+;13?,14?,15-,19+,35?/m00/s1. The van der Waals surface area contributed by atoms with E-state index in [9.17, 15) is 52.2 Å². The normalized spacial score (nSPS) is 22.4. The molecular formula is C43H54N16O13S2. The van der Waals surface area contributed by atoms with Gasteiger partial charge >= 0.3 is 12.1 Å². The van der Waals surface area contributed by atoms with E-state index in [4.69, 9.17) is 14.6 Å². The Labute approximate surface area is 422 Å². The second-order valence-electron chi connectivity index (χ2n) is 16.7. The number of likely N-dealkylation sites (N-methyl/N-ethyl adjacent to an activating group) is 2. The minimum atomic E-state index is -3.89. The van der Waals surface area contributed by atoms with Crippen molar-refractivity contribution in [2.75, 3.05) is 41.4 Å². The number of aliphatic hydroxyl groups excluding tert-OH is 4. The highest BCUT2D eigenvalue weighted by atomic mass is 32.2. The Balaban J connectivity index is 0.000000217. The predicted octanol–water partition coefficient (Wildman–Crippen LogP) is -0.571. The average molecular weight is 1070 g/mol. The molecule has 74 heavy (non-hydrogen) atoms. The third kappa shape index (κ3) is 11.2. The zero-order valence-electron chi connectivity index (χ0n) is 40.1. The molecule has 6 aromatic rings. The summed E-state index contributed by atoms with van der Waals surface area (Å²) in [7, 11) is -5.53. The molecule has 2 aromatic carbocycles. The molecule has 9 atom stereocenters. The van der Waals surface area contributed by atoms with Gasteiger partial charge in [-0.2, -0.15) is 4.31 Å². The fraction of sp³-hybridized carbons (Fsp3) is 0.372. The summed E-state index contributed by atoms with van der Waals surface area (Å²) in [4.78, 5) is 74.7. The number of aliphatic hydroxyl groups is 4. The summed E-state index contributed by atoms with van der Waals surface area (Å²) in [6.07, 6.45) is -5.97. The van der Waals surface area contributed by atoms with Crippen LogP contribution in [-0.2, 0) is 38.8 Å². The molecular weight excluding hydrogens is 1010 g/mol. The van der Waals surface area contributed by atoms with Crippen molar-refractivity contribution in [3.05, 3.63) is 73.8 Å². The number of benzene rings is 2. The highest BCUT2D eigenvalue weighted by molar-refractivity contribution is 7.98. The van der Waals surface area contributed by atoms with Crippen LogP contribution in [0.25, 0.3) is 22.3 Å². The van der Waals surface area contributed by atoms with Gasteiger partial charge in [0.15, 0.2) is 58.6 Å². The number of para-hydroxylation sites is 2. The van der Waals surface area contributed by atoms with Crippen LogP contribution in [0.3, 0.4) is 0 Å². The highest BCUT2D eigenvalue weighted by Crippen LogP contribution is 2.34. The van der Waals surface area contributed by atoms with E-state index in [1.54, 1.807) is 52.0 Å². The number of amides is 6. The smallest absolute Gasteiger partial charge is 0.324 e. The van der Waals surface area contributed by atoms with Crippen LogP contribution < -0.4 is 37.0 Å². The zero-order valence-corrected chi connectivity index (χ0v) is 41.8. The van der Waals surface area contributed by atoms with E-state index < -0.39 is 92.7 Å². The Morgan fingerprint density at radius 1 is 0.662 bits per heavy atom. The molecule has 6 heterocycles. The average Bonchev–Trinajstić information content (AvgIpc) is 4.13. The number of carbonyl (C=O) groups is 4. The molecule has 396 valence electrons. The summed E-state index contributed by atoms with van der Waals surface area (Å²) in [5.74, 6) is 2.31. The zero-order chi connectivity index (χ0) is 53.8. The highest BCUT2D eigenvalue weighted by Gasteiger charge is 2.49. The number of carbonyl (C=O) groups excluding carboxylic acids is 4. The van der Waals surface area contributed by atoms with Crippen LogP contribution in [0.2, 0.25) is 0 Å². The molecule has 2 saturated heterocycles. The van der Waals surface area contributed by atoms with Crippen molar-refractivity contribution in [3.63, 3.8) is 0 Å². The molecule has 0 spiro atoms. The molecule has 12 N–H and O–H groups in total. The Morgan fingerprint density at radius 3 is 1.47 bits per heavy atom. The monoisotopic (exact) mass is 1070 g/mol. The lowest BCUT2D eigenvalue weighted by atomic mass is 10.1. The van der Waals surface area contributed by atoms with Gasteiger partial charge in [0.1, 0.15) is 42.0 Å². The van der Waals surface area contributed by atoms with Gasteiger partial charge in [-0.3, -0.25) is 34.5 Å². The summed E-state index contributed by atoms with van der Waals surface area (Å²) in [6, 6.07) is 10.4. The number of imidazole rings is 2. The molecule has 5 unspecified atom stereocenters. The van der Waals surface area contributed by atoms with Gasteiger partial charge in [0.25, 0.3) is 11.8 Å². The second kappa shape index (κ2) is 22.4. The van der Waals surface area contributed by atoms with Crippen LogP contribution in [0.15, 0.2) is 83.6 Å². The maximum Gasteiger partial charge on any atom is 0.324 e. The van der Waals surface area contributed by atoms with Crippen LogP contribution >= 0.6 is 0 Å². The van der Waals surface area contributed by atoms with Crippen LogP contribution in [0.4, 0.5) is 32.6 Å². The first kappa shape index (κ1) is 54.4. The minimum Gasteiger partial charge on any atom is -0.387 e. The minimum absolute atomic E-state index is 0.0100. The molecule has 2 fully saturated rings. The molecule has 29 nitrogen and oxygen atoms in total. The van der Waals surface area contributed by atoms with E-state index in [2.05, 4.69) is 67.7 Å². The largest absolute Gasteiger partial charge is 0.387 e. The molecule has 0 saturated carbocycles. The summed E-state index contributed by atoms with van der Waals surface area (Å²) in [5.41, 5.74) is 0.866. The number of ether oxygens (including phenoxy) is 2. The van der Waals surface area contributed by atoms with Crippen molar-refractivity contribution in [2.24, 2.45) is 5.14 Å². The molecule has 0 aliphatic carbocycles. The molecule has 8 rings (SSSR count). The second-order valence-corrected chi connectivity index (χ2v) is 20.6. The lowest BCUT2D eigenvalue weighted by Crippen LogP contribution is -2.42. The predicted molar refractivity (Wildman–Crippen MR) is 266 cm³/mol. The van der Waals surface area contributed by atoms with Crippen molar-refractivity contribution < 1.29 is 61.7 Å². The molecule has 2 aliphatic rings. The maximum atomic E-state index is 13.0. The molecule has 2 aliphatic heterocycles. The Kier molecular flexibility index (Phi) is 16.5. The van der Waals surface area contributed by atoms with Crippen LogP contribution in [-0.4, -0.2) is 169 Å². The third-order valence-corrected chi connectivity index (χ3v) is 14.6. The number of rotatable bonds is 14. The van der Waals surface area contributed by atoms with Gasteiger partial charge in [0.05, 0.1) is 38.6 Å². The van der Waals surface area contributed by atoms with Crippen LogP contribution in [0, 0.1) is 0 Å². The number of nitrogens with zero attached hydrogens (tertiary/aromatic N) is 9. The van der Waals surface area contributed by atoms with Crippen molar-refractivity contribution in [2.45, 2.75) is 92.6 Å². The maximum absolute atomic E-state index is 13.0. The van der Waals surface area contributed by atoms with Gasteiger partial charge in [0.2, 0.25) is 10.0 Å². The van der Waals surface area contributed by atoms with Crippen LogP contribution in [0.5, 0.6) is 0 Å². The van der Waals surface area contributed by atoms with Gasteiger partial charge in [-0.15, -0.1) is 0 Å². The van der Waals surface area contributed by atoms with E-state index in [1.165, 1.54) is 57.4 Å². The van der Waals surface area contributed by atoms with Gasteiger partial charge in [-0.1, -0.05) is 24.3 Å². The molecule has 4 aromatic heterocycles. The van der Waals surface area contributed by atoms with Crippen LogP contribution in [0.1, 0.15) is 40.2 Å². The van der Waals surface area contributed by atoms with E-state index in [0.717, 1.165) is 12.7 Å². The summed E-state index contributed by atoms with van der Waals surface area (Å²) in [6.45, 7) is 7.53. The fourth-order valence-corrected chi connectivity index (χ4v) is 9.95. The van der Waals surface area contributed by atoms with E-state index in [-0.39, 0.29) is 61.2 Å². The van der Waals surface area contributed by atoms with Crippen molar-refractivity contribution in [1.82, 2.24) is 54.0 Å². The fourth-order valence-electron chi connectivity index (χ4n) is 7.64. The summed E-state index contributed by atoms with van der Waals surface area (Å²) >= 11 is 0. The van der Waals surface area contributed by atoms with Gasteiger partial charge in [-0.25, -0.2) is 52.1 Å². The van der Waals surface area contributed by atoms with E-state index >= 15 is 0 Å². The Hall–Kier alpha value is -7.33. The number of nitrogens with one attached hydrogen (secondary N) is 6. The quantitative estimate of drug-likeness (QED) is 0.0608. The number of aromatic nitrogens is 8. The van der Waals surface area contributed by atoms with E-state index in [0.29, 0.717) is 13.1 Å². The van der Waals surface area contributed by atoms with Gasteiger partial charge in [-0.05, 0) is 57.8 Å². The first-order chi connectivity index (χ1) is 35.1. The number of urea groups is 2. The molecule has 0 bridgehead atoms. The van der Waals surface area contributed by atoms with Gasteiger partial charge in [0, 0.05) is 26.2 Å². The number of hydrogen-bond donors (Lipinski definition) is 11. The van der Waals surface area contributed by atoms with E-state index in [1.807, 2.05) is 0 Å². The topological polar surface area (TPSA) is 408 Å². The van der Waals surface area contributed by atoms with Crippen molar-refractivity contribution >= 4 is 94.8 Å². The Morgan fingerprint density at radius 2 is 1.07 bits per heavy atom. The third-order valence-electron chi connectivity index (χ3n) is 11.5. The summed E-state index contributed by atoms with van der Waals surface area (Å²) < 4.78 is 53.3. The SMILES string of the molecule is C=S(N)(=O)c1ccccc1NC(=O)Nc1ncnc2c1ncn2[C@@H]1O[C@H](C(=O)NCC)C(O)C1O.CCNC(=O)[C@H]1O[C@@H](n2cnc3c(NC(=O)Nc4ccccc4S(=O)(=O)N(C)C(C)C)ncnc32)C(O)C1O. The first-order valence-corrected chi connectivity index (χ1v) is 25.7. The molecule has 0 radical (unpaired) electrons. The Bertz CT molecular complexity index is 3290. The number of sulfonamides is 1. The first-order valence-electron chi connectivity index (χ1n) is 22.5. The van der Waals surface area contributed by atoms with Crippen molar-refractivity contribution in [1.29, 1.82) is 0 Å². The molecule has 6 amide bonds. The number of fused-ring (bicyclic) bond motifs is 2. The number of hydrogen-bond acceptors (Lipinski definition) is 19. The van der Waals surface area contributed by atoms with Gasteiger partial charge < -0.3 is 51.2 Å². The lowest BCUT2D eigenvalue weighted by Gasteiger charge is -2.22.